The van der Waals surface area contributed by atoms with Gasteiger partial charge in [-0.3, -0.25) is 0 Å². The largest absolute Gasteiger partial charge is 0.396 e. The summed E-state index contributed by atoms with van der Waals surface area (Å²) in [4.78, 5) is 7.75. The van der Waals surface area contributed by atoms with E-state index in [0.717, 1.165) is 12.8 Å². The Hall–Kier alpha value is -1.07. The van der Waals surface area contributed by atoms with Crippen molar-refractivity contribution in [2.75, 3.05) is 24.2 Å². The molecule has 15 heavy (non-hydrogen) atoms. The van der Waals surface area contributed by atoms with Crippen LogP contribution < -0.4 is 11.1 Å². The van der Waals surface area contributed by atoms with Gasteiger partial charge in [-0.2, -0.15) is 0 Å². The van der Waals surface area contributed by atoms with E-state index in [-0.39, 0.29) is 17.8 Å². The van der Waals surface area contributed by atoms with E-state index < -0.39 is 0 Å². The van der Waals surface area contributed by atoms with Gasteiger partial charge in [0.05, 0.1) is 6.61 Å². The number of nitrogens with two attached hydrogens (primary N) is 1. The zero-order valence-electron chi connectivity index (χ0n) is 8.20. The third-order valence-electron chi connectivity index (χ3n) is 2.74. The predicted octanol–water partition coefficient (Wildman–Crippen LogP) is 0.897. The van der Waals surface area contributed by atoms with E-state index in [0.29, 0.717) is 17.4 Å². The first-order valence-corrected chi connectivity index (χ1v) is 5.15. The van der Waals surface area contributed by atoms with E-state index in [2.05, 4.69) is 15.3 Å². The van der Waals surface area contributed by atoms with Crippen LogP contribution in [0.5, 0.6) is 0 Å². The second-order valence-corrected chi connectivity index (χ2v) is 4.31. The lowest BCUT2D eigenvalue weighted by Crippen LogP contribution is -2.20. The lowest BCUT2D eigenvalue weighted by Gasteiger charge is -2.14. The number of aliphatic hydroxyl groups is 1. The molecule has 0 aliphatic heterocycles. The SMILES string of the molecule is Nc1ncnc(NCC2(CO)CC2)c1Cl. The normalized spacial score (nSPS) is 17.5. The van der Waals surface area contributed by atoms with Gasteiger partial charge in [0.15, 0.2) is 0 Å². The fraction of sp³-hybridized carbons (Fsp3) is 0.556. The molecule has 0 unspecified atom stereocenters. The van der Waals surface area contributed by atoms with Crippen molar-refractivity contribution in [1.29, 1.82) is 0 Å². The lowest BCUT2D eigenvalue weighted by molar-refractivity contribution is 0.219. The maximum Gasteiger partial charge on any atom is 0.150 e. The number of nitrogens with one attached hydrogen (secondary N) is 1. The highest BCUT2D eigenvalue weighted by atomic mass is 35.5. The highest BCUT2D eigenvalue weighted by Gasteiger charge is 2.41. The first-order valence-electron chi connectivity index (χ1n) is 4.78. The molecule has 2 rings (SSSR count). The molecule has 0 bridgehead atoms. The van der Waals surface area contributed by atoms with Crippen LogP contribution in [-0.2, 0) is 0 Å². The van der Waals surface area contributed by atoms with Crippen molar-refractivity contribution in [3.63, 3.8) is 0 Å². The first-order chi connectivity index (χ1) is 7.17. The molecular weight excluding hydrogens is 216 g/mol. The molecule has 1 heterocycles. The quantitative estimate of drug-likeness (QED) is 0.713. The Morgan fingerprint density at radius 2 is 2.27 bits per heavy atom. The standard InChI is InChI=1S/C9H13ClN4O/c10-6-7(11)13-5-14-8(6)12-3-9(4-15)1-2-9/h5,15H,1-4H2,(H3,11,12,13,14). The van der Waals surface area contributed by atoms with Crippen molar-refractivity contribution in [2.45, 2.75) is 12.8 Å². The molecule has 1 saturated carbocycles. The molecule has 5 nitrogen and oxygen atoms in total. The number of aromatic nitrogens is 2. The third kappa shape index (κ3) is 2.13. The van der Waals surface area contributed by atoms with Crippen LogP contribution in [0.25, 0.3) is 0 Å². The van der Waals surface area contributed by atoms with Gasteiger partial charge in [0.25, 0.3) is 0 Å². The molecular formula is C9H13ClN4O. The smallest absolute Gasteiger partial charge is 0.150 e. The molecule has 82 valence electrons. The summed E-state index contributed by atoms with van der Waals surface area (Å²) in [5.74, 6) is 0.798. The highest BCUT2D eigenvalue weighted by molar-refractivity contribution is 6.35. The van der Waals surface area contributed by atoms with Crippen molar-refractivity contribution in [2.24, 2.45) is 5.41 Å². The van der Waals surface area contributed by atoms with Crippen LogP contribution in [0.4, 0.5) is 11.6 Å². The minimum Gasteiger partial charge on any atom is -0.396 e. The Morgan fingerprint density at radius 3 is 2.87 bits per heavy atom. The van der Waals surface area contributed by atoms with Crippen LogP contribution in [0.2, 0.25) is 5.02 Å². The summed E-state index contributed by atoms with van der Waals surface area (Å²) in [7, 11) is 0. The number of hydrogen-bond acceptors (Lipinski definition) is 5. The summed E-state index contributed by atoms with van der Waals surface area (Å²) < 4.78 is 0. The lowest BCUT2D eigenvalue weighted by atomic mass is 10.1. The summed E-state index contributed by atoms with van der Waals surface area (Å²) in [6.07, 6.45) is 3.44. The molecule has 0 aromatic carbocycles. The minimum absolute atomic E-state index is 0.0169. The monoisotopic (exact) mass is 228 g/mol. The van der Waals surface area contributed by atoms with Crippen LogP contribution in [0.15, 0.2) is 6.33 Å². The Kier molecular flexibility index (Phi) is 2.67. The average molecular weight is 229 g/mol. The van der Waals surface area contributed by atoms with Gasteiger partial charge in [-0.1, -0.05) is 11.6 Å². The van der Waals surface area contributed by atoms with E-state index in [1.807, 2.05) is 0 Å². The predicted molar refractivity (Wildman–Crippen MR) is 58.7 cm³/mol. The maximum absolute atomic E-state index is 9.13. The summed E-state index contributed by atoms with van der Waals surface area (Å²) in [5.41, 5.74) is 5.55. The van der Waals surface area contributed by atoms with Gasteiger partial charge < -0.3 is 16.2 Å². The van der Waals surface area contributed by atoms with E-state index in [1.54, 1.807) is 0 Å². The first kappa shape index (κ1) is 10.4. The Morgan fingerprint density at radius 1 is 1.53 bits per heavy atom. The zero-order chi connectivity index (χ0) is 10.9. The Labute approximate surface area is 92.7 Å². The fourth-order valence-electron chi connectivity index (χ4n) is 1.35. The second-order valence-electron chi connectivity index (χ2n) is 3.93. The third-order valence-corrected chi connectivity index (χ3v) is 3.11. The molecule has 4 N–H and O–H groups in total. The Balaban J connectivity index is 2.02. The van der Waals surface area contributed by atoms with Crippen molar-refractivity contribution in [3.8, 4) is 0 Å². The summed E-state index contributed by atoms with van der Waals surface area (Å²) in [5, 5.41) is 12.6. The van der Waals surface area contributed by atoms with Gasteiger partial charge >= 0.3 is 0 Å². The van der Waals surface area contributed by atoms with Gasteiger partial charge in [-0.25, -0.2) is 9.97 Å². The molecule has 1 fully saturated rings. The van der Waals surface area contributed by atoms with Crippen LogP contribution >= 0.6 is 11.6 Å². The number of anilines is 2. The van der Waals surface area contributed by atoms with Crippen LogP contribution in [0.1, 0.15) is 12.8 Å². The Bertz CT molecular complexity index is 367. The fourth-order valence-corrected chi connectivity index (χ4v) is 1.51. The average Bonchev–Trinajstić information content (AvgIpc) is 3.01. The molecule has 0 spiro atoms. The van der Waals surface area contributed by atoms with Crippen molar-refractivity contribution >= 4 is 23.2 Å². The molecule has 6 heteroatoms. The van der Waals surface area contributed by atoms with Crippen LogP contribution in [-0.4, -0.2) is 28.2 Å². The van der Waals surface area contributed by atoms with Crippen LogP contribution in [0, 0.1) is 5.41 Å². The molecule has 1 aromatic rings. The molecule has 0 saturated heterocycles. The summed E-state index contributed by atoms with van der Waals surface area (Å²) >= 11 is 5.91. The highest BCUT2D eigenvalue weighted by Crippen LogP contribution is 2.45. The van der Waals surface area contributed by atoms with E-state index in [4.69, 9.17) is 22.4 Å². The molecule has 0 amide bonds. The van der Waals surface area contributed by atoms with Crippen molar-refractivity contribution < 1.29 is 5.11 Å². The van der Waals surface area contributed by atoms with E-state index >= 15 is 0 Å². The maximum atomic E-state index is 9.13. The summed E-state index contributed by atoms with van der Waals surface area (Å²) in [6, 6.07) is 0. The topological polar surface area (TPSA) is 84.1 Å². The van der Waals surface area contributed by atoms with Gasteiger partial charge in [0.2, 0.25) is 0 Å². The number of rotatable bonds is 4. The number of aliphatic hydroxyl groups excluding tert-OH is 1. The molecule has 1 aromatic heterocycles. The van der Waals surface area contributed by atoms with Gasteiger partial charge in [0, 0.05) is 12.0 Å². The number of nitrogens with zero attached hydrogens (tertiary/aromatic N) is 2. The second kappa shape index (κ2) is 3.83. The number of nitrogen functional groups attached to an aromatic ring is 1. The van der Waals surface area contributed by atoms with E-state index in [9.17, 15) is 0 Å². The summed E-state index contributed by atoms with van der Waals surface area (Å²) in [6.45, 7) is 0.859. The number of halogens is 1. The van der Waals surface area contributed by atoms with Crippen LogP contribution in [0.3, 0.4) is 0 Å². The molecule has 1 aliphatic carbocycles. The zero-order valence-corrected chi connectivity index (χ0v) is 8.96. The minimum atomic E-state index is 0.0169. The van der Waals surface area contributed by atoms with Gasteiger partial charge in [0.1, 0.15) is 23.0 Å². The van der Waals surface area contributed by atoms with E-state index in [1.165, 1.54) is 6.33 Å². The van der Waals surface area contributed by atoms with Crippen molar-refractivity contribution in [1.82, 2.24) is 9.97 Å². The van der Waals surface area contributed by atoms with Crippen molar-refractivity contribution in [3.05, 3.63) is 11.3 Å². The van der Waals surface area contributed by atoms with Gasteiger partial charge in [-0.15, -0.1) is 0 Å². The van der Waals surface area contributed by atoms with Gasteiger partial charge in [-0.05, 0) is 12.8 Å². The molecule has 0 atom stereocenters. The number of hydrogen-bond donors (Lipinski definition) is 3. The molecule has 1 aliphatic rings. The molecule has 0 radical (unpaired) electrons.